The predicted octanol–water partition coefficient (Wildman–Crippen LogP) is 4.93. The van der Waals surface area contributed by atoms with E-state index in [1.54, 1.807) is 0 Å². The van der Waals surface area contributed by atoms with Gasteiger partial charge >= 0.3 is 11.9 Å². The minimum Gasteiger partial charge on any atom is -0.468 e. The number of hydrogen-bond donors (Lipinski definition) is 0. The van der Waals surface area contributed by atoms with Crippen LogP contribution in [-0.2, 0) is 28.7 Å². The summed E-state index contributed by atoms with van der Waals surface area (Å²) in [5.74, 6) is -1.63. The van der Waals surface area contributed by atoms with Gasteiger partial charge in [-0.25, -0.2) is 0 Å². The van der Waals surface area contributed by atoms with Gasteiger partial charge in [-0.3, -0.25) is 19.3 Å². The van der Waals surface area contributed by atoms with Crippen LogP contribution in [0.1, 0.15) is 47.7 Å². The lowest BCUT2D eigenvalue weighted by Gasteiger charge is -2.53. The lowest BCUT2D eigenvalue weighted by Crippen LogP contribution is -2.65. The average molecular weight is 488 g/mol. The third-order valence-electron chi connectivity index (χ3n) is 7.22. The zero-order chi connectivity index (χ0) is 25.1. The summed E-state index contributed by atoms with van der Waals surface area (Å²) in [5, 5.41) is 1.37. The van der Waals surface area contributed by atoms with Gasteiger partial charge in [-0.15, -0.1) is 0 Å². The summed E-state index contributed by atoms with van der Waals surface area (Å²) in [5.41, 5.74) is 1.08. The van der Waals surface area contributed by atoms with E-state index >= 15 is 0 Å². The quantitative estimate of drug-likeness (QED) is 0.373. The third-order valence-corrected chi connectivity index (χ3v) is 7.22. The van der Waals surface area contributed by atoms with Crippen LogP contribution in [0.3, 0.4) is 0 Å². The van der Waals surface area contributed by atoms with Crippen LogP contribution in [0.25, 0.3) is 0 Å². The Morgan fingerprint density at radius 3 is 1.67 bits per heavy atom. The van der Waals surface area contributed by atoms with Crippen molar-refractivity contribution in [1.82, 2.24) is 5.23 Å². The minimum atomic E-state index is -1.68. The molecule has 3 aromatic rings. The molecule has 0 aromatic heterocycles. The zero-order valence-corrected chi connectivity index (χ0v) is 20.3. The van der Waals surface area contributed by atoms with Crippen LogP contribution in [0.2, 0.25) is 0 Å². The van der Waals surface area contributed by atoms with Crippen LogP contribution < -0.4 is 0 Å². The van der Waals surface area contributed by atoms with Gasteiger partial charge in [-0.2, -0.15) is 0 Å². The number of carbonyl (C=O) groups excluding carboxylic acids is 2. The monoisotopic (exact) mass is 487 g/mol. The molecule has 0 aliphatic carbocycles. The fraction of sp³-hybridized carbons (Fsp3) is 0.310. The zero-order valence-electron chi connectivity index (χ0n) is 20.3. The molecule has 2 saturated heterocycles. The Bertz CT molecular complexity index is 1170. The topological polar surface area (TPSA) is 74.3 Å². The Balaban J connectivity index is 1.67. The standard InChI is InChI=1S/C29H29NO6/c1-33-27(31)29(28(32)34-2)19-25(22-16-10-5-11-17-22)36-30-26(29)23(20-12-6-3-7-13-20)18-24(35-30)21-14-8-4-9-15-21/h3-17,23-26H,18-19H2,1-2H3/t23-,24-,25+,26+/m0/s1. The van der Waals surface area contributed by atoms with Crippen molar-refractivity contribution in [2.45, 2.75) is 37.0 Å². The molecule has 0 unspecified atom stereocenters. The van der Waals surface area contributed by atoms with Crippen molar-refractivity contribution in [2.75, 3.05) is 14.2 Å². The normalized spacial score (nSPS) is 25.4. The number of methoxy groups -OCH3 is 2. The van der Waals surface area contributed by atoms with E-state index in [4.69, 9.17) is 19.1 Å². The number of nitrogens with zero attached hydrogens (tertiary/aromatic N) is 1. The smallest absolute Gasteiger partial charge is 0.325 e. The third kappa shape index (κ3) is 4.19. The molecule has 0 bridgehead atoms. The molecule has 5 rings (SSSR count). The highest BCUT2D eigenvalue weighted by molar-refractivity contribution is 6.01. The Hall–Kier alpha value is -3.52. The summed E-state index contributed by atoms with van der Waals surface area (Å²) < 4.78 is 10.5. The van der Waals surface area contributed by atoms with E-state index in [1.807, 2.05) is 91.0 Å². The average Bonchev–Trinajstić information content (AvgIpc) is 2.96. The Kier molecular flexibility index (Phi) is 6.87. The molecule has 0 radical (unpaired) electrons. The molecule has 0 amide bonds. The molecule has 2 fully saturated rings. The van der Waals surface area contributed by atoms with E-state index in [2.05, 4.69) is 0 Å². The Morgan fingerprint density at radius 1 is 0.722 bits per heavy atom. The summed E-state index contributed by atoms with van der Waals surface area (Å²) >= 11 is 0. The van der Waals surface area contributed by atoms with Crippen LogP contribution in [-0.4, -0.2) is 37.4 Å². The first-order chi connectivity index (χ1) is 17.6. The summed E-state index contributed by atoms with van der Waals surface area (Å²) in [6.07, 6.45) is -0.397. The highest BCUT2D eigenvalue weighted by atomic mass is 17.0. The van der Waals surface area contributed by atoms with E-state index in [-0.39, 0.29) is 18.4 Å². The van der Waals surface area contributed by atoms with Crippen molar-refractivity contribution >= 4 is 11.9 Å². The maximum absolute atomic E-state index is 13.6. The first-order valence-corrected chi connectivity index (χ1v) is 12.0. The SMILES string of the molecule is COC(=O)C1(C(=O)OC)C[C@H](c2ccccc2)ON2O[C@H](c3ccccc3)C[C@@H](c3ccccc3)[C@@H]21. The molecule has 7 heteroatoms. The van der Waals surface area contributed by atoms with Crippen LogP contribution in [0.5, 0.6) is 0 Å². The summed E-state index contributed by atoms with van der Waals surface area (Å²) in [4.78, 5) is 40.0. The molecule has 0 spiro atoms. The van der Waals surface area contributed by atoms with Crippen LogP contribution >= 0.6 is 0 Å². The van der Waals surface area contributed by atoms with Crippen LogP contribution in [0.15, 0.2) is 91.0 Å². The second kappa shape index (κ2) is 10.2. The number of carbonyl (C=O) groups is 2. The van der Waals surface area contributed by atoms with Gasteiger partial charge in [0.1, 0.15) is 12.2 Å². The number of hydroxylamine groups is 2. The number of hydrogen-bond acceptors (Lipinski definition) is 7. The van der Waals surface area contributed by atoms with Gasteiger partial charge in [0.15, 0.2) is 5.41 Å². The number of esters is 2. The number of ether oxygens (including phenoxy) is 2. The highest BCUT2D eigenvalue weighted by Crippen LogP contribution is 2.55. The van der Waals surface area contributed by atoms with Crippen LogP contribution in [0, 0.1) is 5.41 Å². The lowest BCUT2D eigenvalue weighted by molar-refractivity contribution is -0.468. The molecule has 0 saturated carbocycles. The molecule has 2 aliphatic rings. The lowest BCUT2D eigenvalue weighted by atomic mass is 9.66. The summed E-state index contributed by atoms with van der Waals surface area (Å²) in [6, 6.07) is 28.4. The van der Waals surface area contributed by atoms with Gasteiger partial charge in [-0.05, 0) is 23.1 Å². The fourth-order valence-corrected chi connectivity index (χ4v) is 5.52. The van der Waals surface area contributed by atoms with Gasteiger partial charge in [0, 0.05) is 12.3 Å². The Labute approximate surface area is 210 Å². The molecule has 2 heterocycles. The second-order valence-corrected chi connectivity index (χ2v) is 9.15. The van der Waals surface area contributed by atoms with Gasteiger partial charge in [0.05, 0.1) is 20.3 Å². The number of rotatable bonds is 5. The molecular weight excluding hydrogens is 458 g/mol. The van der Waals surface area contributed by atoms with E-state index in [0.717, 1.165) is 16.7 Å². The van der Waals surface area contributed by atoms with E-state index in [1.165, 1.54) is 19.4 Å². The van der Waals surface area contributed by atoms with E-state index < -0.39 is 29.5 Å². The van der Waals surface area contributed by atoms with Crippen molar-refractivity contribution in [3.8, 4) is 0 Å². The molecule has 3 aromatic carbocycles. The predicted molar refractivity (Wildman–Crippen MR) is 131 cm³/mol. The number of fused-ring (bicyclic) bond motifs is 1. The van der Waals surface area contributed by atoms with Crippen LogP contribution in [0.4, 0.5) is 0 Å². The molecule has 0 N–H and O–H groups in total. The maximum Gasteiger partial charge on any atom is 0.325 e. The molecule has 36 heavy (non-hydrogen) atoms. The molecule has 2 aliphatic heterocycles. The van der Waals surface area contributed by atoms with Crippen molar-refractivity contribution in [3.63, 3.8) is 0 Å². The molecule has 186 valence electrons. The summed E-state index contributed by atoms with van der Waals surface area (Å²) in [7, 11) is 2.58. The first-order valence-electron chi connectivity index (χ1n) is 12.0. The van der Waals surface area contributed by atoms with Gasteiger partial charge in [0.25, 0.3) is 0 Å². The van der Waals surface area contributed by atoms with Gasteiger partial charge in [0.2, 0.25) is 0 Å². The molecule has 4 atom stereocenters. The maximum atomic E-state index is 13.6. The largest absolute Gasteiger partial charge is 0.468 e. The van der Waals surface area contributed by atoms with Crippen molar-refractivity contribution in [1.29, 1.82) is 0 Å². The number of benzene rings is 3. The second-order valence-electron chi connectivity index (χ2n) is 9.15. The summed E-state index contributed by atoms with van der Waals surface area (Å²) in [6.45, 7) is 0. The van der Waals surface area contributed by atoms with Crippen molar-refractivity contribution < 1.29 is 28.7 Å². The van der Waals surface area contributed by atoms with Crippen molar-refractivity contribution in [3.05, 3.63) is 108 Å². The Morgan fingerprint density at radius 2 is 1.17 bits per heavy atom. The van der Waals surface area contributed by atoms with Gasteiger partial charge < -0.3 is 9.47 Å². The highest BCUT2D eigenvalue weighted by Gasteiger charge is 2.66. The van der Waals surface area contributed by atoms with Crippen molar-refractivity contribution in [2.24, 2.45) is 5.41 Å². The first kappa shape index (κ1) is 24.2. The van der Waals surface area contributed by atoms with Gasteiger partial charge in [-0.1, -0.05) is 96.2 Å². The van der Waals surface area contributed by atoms with E-state index in [9.17, 15) is 9.59 Å². The minimum absolute atomic E-state index is 0.0558. The molecular formula is C29H29NO6. The fourth-order valence-electron chi connectivity index (χ4n) is 5.52. The van der Waals surface area contributed by atoms with E-state index in [0.29, 0.717) is 6.42 Å². The molecule has 7 nitrogen and oxygen atoms in total.